The van der Waals surface area contributed by atoms with Gasteiger partial charge in [0.1, 0.15) is 6.04 Å². The Morgan fingerprint density at radius 2 is 1.67 bits per heavy atom. The van der Waals surface area contributed by atoms with Gasteiger partial charge in [-0.1, -0.05) is 59.1 Å². The summed E-state index contributed by atoms with van der Waals surface area (Å²) < 4.78 is 9.60. The van der Waals surface area contributed by atoms with Crippen molar-refractivity contribution in [1.82, 2.24) is 10.3 Å². The fraction of sp³-hybridized carbons (Fsp3) is 0.273. The van der Waals surface area contributed by atoms with E-state index in [4.69, 9.17) is 61.0 Å². The summed E-state index contributed by atoms with van der Waals surface area (Å²) in [5.74, 6) is 4.66. The van der Waals surface area contributed by atoms with E-state index in [-0.39, 0.29) is 12.5 Å². The van der Waals surface area contributed by atoms with Gasteiger partial charge in [-0.25, -0.2) is 10.6 Å². The minimum Gasteiger partial charge on any atom is -0.490 e. The number of hydrogen-bond acceptors (Lipinski definition) is 9. The fourth-order valence-electron chi connectivity index (χ4n) is 4.59. The molecule has 4 aromatic rings. The van der Waals surface area contributed by atoms with E-state index in [9.17, 15) is 19.5 Å². The zero-order valence-electron chi connectivity index (χ0n) is 26.3. The molecule has 0 radical (unpaired) electrons. The summed E-state index contributed by atoms with van der Waals surface area (Å²) >= 11 is 14.4. The smallest absolute Gasteiger partial charge is 0.356 e. The van der Waals surface area contributed by atoms with E-state index in [1.165, 1.54) is 5.01 Å². The molecule has 4 rings (SSSR count). The molecule has 1 unspecified atom stereocenters. The van der Waals surface area contributed by atoms with Crippen LogP contribution in [0.3, 0.4) is 0 Å². The number of carboxylic acid groups (broad SMARTS) is 2. The van der Waals surface area contributed by atoms with Crippen LogP contribution >= 0.6 is 34.8 Å². The number of aromatic nitrogens is 1. The van der Waals surface area contributed by atoms with Gasteiger partial charge in [0.25, 0.3) is 3.79 Å². The molecule has 0 saturated carbocycles. The first-order valence-corrected chi connectivity index (χ1v) is 15.7. The second-order valence-corrected chi connectivity index (χ2v) is 12.9. The number of carboxylic acids is 2. The Morgan fingerprint density at radius 3 is 2.27 bits per heavy atom. The van der Waals surface area contributed by atoms with Gasteiger partial charge >= 0.3 is 11.9 Å². The van der Waals surface area contributed by atoms with Gasteiger partial charge in [0.15, 0.2) is 11.5 Å². The SMILES string of the molecule is CCOc1cc([C@H](C(=O)NC(CC(=O)O)c2cccc(N)c2)N(N)c2ccc3cnccc3c2)ccc1OC(C)C.O=C(O)C(Cl)(Cl)Cl. The molecule has 0 aliphatic heterocycles. The zero-order valence-corrected chi connectivity index (χ0v) is 28.5. The Hall–Kier alpha value is -4.49. The third kappa shape index (κ3) is 10.8. The van der Waals surface area contributed by atoms with E-state index in [0.29, 0.717) is 40.6 Å². The number of nitrogens with zero attached hydrogens (tertiary/aromatic N) is 2. The summed E-state index contributed by atoms with van der Waals surface area (Å²) in [6, 6.07) is 17.5. The number of rotatable bonds is 12. The number of hydrazine groups is 1. The molecule has 1 aromatic heterocycles. The van der Waals surface area contributed by atoms with Crippen LogP contribution in [0, 0.1) is 0 Å². The maximum Gasteiger partial charge on any atom is 0.356 e. The van der Waals surface area contributed by atoms with Crippen LogP contribution in [0.5, 0.6) is 11.5 Å². The van der Waals surface area contributed by atoms with Gasteiger partial charge in [0, 0.05) is 23.5 Å². The number of carbonyl (C=O) groups excluding carboxylic acids is 1. The van der Waals surface area contributed by atoms with E-state index >= 15 is 0 Å². The van der Waals surface area contributed by atoms with Gasteiger partial charge in [-0.3, -0.25) is 19.6 Å². The second-order valence-electron chi connectivity index (χ2n) is 10.7. The van der Waals surface area contributed by atoms with E-state index in [1.54, 1.807) is 60.9 Å². The number of hydrogen-bond donors (Lipinski definition) is 5. The molecule has 0 bridgehead atoms. The molecule has 0 aliphatic rings. The third-order valence-corrected chi connectivity index (χ3v) is 7.13. The lowest BCUT2D eigenvalue weighted by Gasteiger charge is -2.31. The highest BCUT2D eigenvalue weighted by Crippen LogP contribution is 2.35. The zero-order chi connectivity index (χ0) is 35.6. The van der Waals surface area contributed by atoms with Crippen molar-refractivity contribution in [3.63, 3.8) is 0 Å². The Balaban J connectivity index is 0.000000804. The molecule has 15 heteroatoms. The van der Waals surface area contributed by atoms with Crippen LogP contribution in [0.1, 0.15) is 50.4 Å². The molecule has 2 atom stereocenters. The van der Waals surface area contributed by atoms with E-state index in [1.807, 2.05) is 39.0 Å². The molecule has 1 amide bonds. The lowest BCUT2D eigenvalue weighted by atomic mass is 10.00. The van der Waals surface area contributed by atoms with Crippen LogP contribution in [0.25, 0.3) is 10.8 Å². The predicted octanol–water partition coefficient (Wildman–Crippen LogP) is 6.20. The van der Waals surface area contributed by atoms with Crippen molar-refractivity contribution >= 4 is 74.8 Å². The molecule has 48 heavy (non-hydrogen) atoms. The quantitative estimate of drug-likeness (QED) is 0.0485. The molecule has 0 aliphatic carbocycles. The average molecular weight is 721 g/mol. The largest absolute Gasteiger partial charge is 0.490 e. The number of aliphatic carboxylic acids is 2. The number of ether oxygens (including phenoxy) is 2. The van der Waals surface area contributed by atoms with E-state index < -0.39 is 33.7 Å². The van der Waals surface area contributed by atoms with Crippen molar-refractivity contribution in [2.45, 2.75) is 49.2 Å². The number of pyridine rings is 1. The Kier molecular flexibility index (Phi) is 13.5. The van der Waals surface area contributed by atoms with Crippen molar-refractivity contribution in [3.05, 3.63) is 90.3 Å². The Labute approximate surface area is 292 Å². The molecule has 256 valence electrons. The summed E-state index contributed by atoms with van der Waals surface area (Å²) in [5, 5.41) is 23.5. The number of nitrogens with one attached hydrogen (secondary N) is 1. The summed E-state index contributed by atoms with van der Waals surface area (Å²) in [4.78, 5) is 39.6. The molecule has 0 fully saturated rings. The fourth-order valence-corrected chi connectivity index (χ4v) is 4.59. The standard InChI is InChI=1S/C31H35N5O5.C2HCl3O2/c1-4-40-28-16-22(9-11-27(28)41-19(2)3)30(36(33)25-10-8-23-18-34-13-12-20(23)15-25)31(39)35-26(17-29(37)38)21-6-5-7-24(32)14-21;3-2(4,5)1(6)7/h5-16,18-19,26,30H,4,17,32-33H2,1-3H3,(H,35,39)(H,37,38);(H,6,7)/t26?,30-;/m1./s1. The van der Waals surface area contributed by atoms with Crippen LogP contribution in [-0.2, 0) is 14.4 Å². The minimum atomic E-state index is -2.17. The first kappa shape index (κ1) is 38.0. The van der Waals surface area contributed by atoms with Crippen LogP contribution in [0.2, 0.25) is 0 Å². The molecule has 12 nitrogen and oxygen atoms in total. The number of halogens is 3. The molecule has 0 saturated heterocycles. The van der Waals surface area contributed by atoms with E-state index in [2.05, 4.69) is 10.3 Å². The highest BCUT2D eigenvalue weighted by atomic mass is 35.6. The molecule has 0 spiro atoms. The van der Waals surface area contributed by atoms with E-state index in [0.717, 1.165) is 10.8 Å². The first-order valence-electron chi connectivity index (χ1n) is 14.6. The topological polar surface area (TPSA) is 190 Å². The van der Waals surface area contributed by atoms with Crippen LogP contribution in [-0.4, -0.2) is 49.5 Å². The summed E-state index contributed by atoms with van der Waals surface area (Å²) in [6.07, 6.45) is 2.99. The van der Waals surface area contributed by atoms with Crippen molar-refractivity contribution in [2.75, 3.05) is 17.3 Å². The summed E-state index contributed by atoms with van der Waals surface area (Å²) in [6.45, 7) is 6.07. The number of anilines is 2. The second kappa shape index (κ2) is 17.1. The Morgan fingerprint density at radius 1 is 0.958 bits per heavy atom. The number of alkyl halides is 3. The van der Waals surface area contributed by atoms with Gasteiger partial charge in [0.05, 0.1) is 30.9 Å². The maximum atomic E-state index is 14.1. The van der Waals surface area contributed by atoms with Gasteiger partial charge in [-0.15, -0.1) is 0 Å². The molecule has 3 aromatic carbocycles. The average Bonchev–Trinajstić information content (AvgIpc) is 3.01. The number of carbonyl (C=O) groups is 3. The number of benzene rings is 3. The van der Waals surface area contributed by atoms with Gasteiger partial charge < -0.3 is 30.7 Å². The van der Waals surface area contributed by atoms with Crippen molar-refractivity contribution in [3.8, 4) is 11.5 Å². The summed E-state index contributed by atoms with van der Waals surface area (Å²) in [7, 11) is 0. The van der Waals surface area contributed by atoms with Gasteiger partial charge in [0.2, 0.25) is 5.91 Å². The van der Waals surface area contributed by atoms with Gasteiger partial charge in [-0.05, 0) is 79.7 Å². The molecular weight excluding hydrogens is 685 g/mol. The monoisotopic (exact) mass is 719 g/mol. The Bertz CT molecular complexity index is 1740. The third-order valence-electron chi connectivity index (χ3n) is 6.65. The van der Waals surface area contributed by atoms with Crippen molar-refractivity contribution in [2.24, 2.45) is 5.84 Å². The van der Waals surface area contributed by atoms with Crippen molar-refractivity contribution < 1.29 is 34.1 Å². The number of nitrogen functional groups attached to an aromatic ring is 1. The number of amides is 1. The van der Waals surface area contributed by atoms with Crippen LogP contribution in [0.4, 0.5) is 11.4 Å². The van der Waals surface area contributed by atoms with Crippen molar-refractivity contribution in [1.29, 1.82) is 0 Å². The van der Waals surface area contributed by atoms with Crippen LogP contribution in [0.15, 0.2) is 79.1 Å². The lowest BCUT2D eigenvalue weighted by Crippen LogP contribution is -2.45. The lowest BCUT2D eigenvalue weighted by molar-refractivity contribution is -0.138. The number of fused-ring (bicyclic) bond motifs is 1. The highest BCUT2D eigenvalue weighted by Gasteiger charge is 2.31. The summed E-state index contributed by atoms with van der Waals surface area (Å²) in [5.41, 5.74) is 8.08. The molecule has 7 N–H and O–H groups in total. The molecular formula is C33H36Cl3N5O7. The first-order chi connectivity index (χ1) is 22.6. The maximum absolute atomic E-state index is 14.1. The highest BCUT2D eigenvalue weighted by molar-refractivity contribution is 6.75. The normalized spacial score (nSPS) is 12.3. The molecule has 1 heterocycles. The van der Waals surface area contributed by atoms with Gasteiger partial charge in [-0.2, -0.15) is 0 Å². The predicted molar refractivity (Wildman–Crippen MR) is 186 cm³/mol. The number of nitrogens with two attached hydrogens (primary N) is 2. The minimum absolute atomic E-state index is 0.0904. The van der Waals surface area contributed by atoms with Crippen LogP contribution < -0.4 is 31.4 Å².